The van der Waals surface area contributed by atoms with Gasteiger partial charge in [-0.05, 0) is 113 Å². The number of hydrogen-bond donors (Lipinski definition) is 3. The SMILES string of the molecule is Cc1cc2c(N3CCNc4ccc(C#N)cc43)cc(N3CCC(CN4CCC5(CC4)CN(c4ccc(NC6CCC(=O)NC6=O)cc4F)C5)CC3)cc2n(C)c1=O. The molecule has 4 aromatic rings. The van der Waals surface area contributed by atoms with Crippen LogP contribution >= 0.6 is 0 Å². The van der Waals surface area contributed by atoms with Gasteiger partial charge >= 0.3 is 0 Å². The number of amides is 2. The molecule has 1 unspecified atom stereocenters. The first-order valence-electron chi connectivity index (χ1n) is 20.4. The molecule has 3 N–H and O–H groups in total. The topological polar surface area (TPSA) is 129 Å². The number of halogens is 1. The molecule has 0 aliphatic carbocycles. The van der Waals surface area contributed by atoms with Crippen LogP contribution in [0, 0.1) is 35.4 Å². The second-order valence-electron chi connectivity index (χ2n) is 16.9. The number of aryl methyl sites for hydroxylation is 2. The predicted octanol–water partition coefficient (Wildman–Crippen LogP) is 5.46. The van der Waals surface area contributed by atoms with Gasteiger partial charge in [0.15, 0.2) is 0 Å². The summed E-state index contributed by atoms with van der Waals surface area (Å²) in [5, 5.41) is 19.6. The number of carbonyl (C=O) groups is 2. The molecule has 1 aromatic heterocycles. The Hall–Kier alpha value is -5.61. The van der Waals surface area contributed by atoms with Crippen molar-refractivity contribution < 1.29 is 14.0 Å². The lowest BCUT2D eigenvalue weighted by Crippen LogP contribution is -2.61. The molecule has 1 spiro atoms. The van der Waals surface area contributed by atoms with Gasteiger partial charge in [0.25, 0.3) is 5.56 Å². The molecular formula is C44H50FN9O3. The molecule has 1 atom stereocenters. The van der Waals surface area contributed by atoms with Crippen LogP contribution in [-0.4, -0.2) is 86.2 Å². The van der Waals surface area contributed by atoms with Crippen molar-refractivity contribution in [2.75, 3.05) is 84.2 Å². The van der Waals surface area contributed by atoms with Gasteiger partial charge in [-0.3, -0.25) is 19.7 Å². The highest BCUT2D eigenvalue weighted by Gasteiger charge is 2.45. The number of piperidine rings is 3. The van der Waals surface area contributed by atoms with Crippen molar-refractivity contribution in [3.05, 3.63) is 81.9 Å². The summed E-state index contributed by atoms with van der Waals surface area (Å²) >= 11 is 0. The number of carbonyl (C=O) groups excluding carboxylic acids is 2. The number of rotatable bonds is 7. The zero-order chi connectivity index (χ0) is 39.4. The molecule has 0 bridgehead atoms. The summed E-state index contributed by atoms with van der Waals surface area (Å²) in [5.74, 6) is -0.319. The molecule has 3 aromatic carbocycles. The fraction of sp³-hybridized carbons (Fsp3) is 0.455. The largest absolute Gasteiger partial charge is 0.382 e. The van der Waals surface area contributed by atoms with E-state index in [0.717, 1.165) is 118 Å². The van der Waals surface area contributed by atoms with Crippen LogP contribution in [0.1, 0.15) is 49.7 Å². The van der Waals surface area contributed by atoms with Crippen LogP contribution in [0.15, 0.2) is 59.4 Å². The third-order valence-corrected chi connectivity index (χ3v) is 13.2. The fourth-order valence-electron chi connectivity index (χ4n) is 9.82. The molecule has 57 heavy (non-hydrogen) atoms. The third kappa shape index (κ3) is 7.05. The lowest BCUT2D eigenvalue weighted by molar-refractivity contribution is -0.133. The molecule has 5 aliphatic heterocycles. The van der Waals surface area contributed by atoms with Crippen molar-refractivity contribution in [2.45, 2.75) is 51.5 Å². The van der Waals surface area contributed by atoms with Gasteiger partial charge in [0.05, 0.1) is 39.9 Å². The van der Waals surface area contributed by atoms with Crippen LogP contribution < -0.4 is 36.2 Å². The van der Waals surface area contributed by atoms with E-state index in [9.17, 15) is 19.6 Å². The zero-order valence-corrected chi connectivity index (χ0v) is 32.7. The monoisotopic (exact) mass is 771 g/mol. The van der Waals surface area contributed by atoms with Crippen molar-refractivity contribution >= 4 is 56.8 Å². The molecule has 4 saturated heterocycles. The molecule has 13 heteroatoms. The number of fused-ring (bicyclic) bond motifs is 2. The van der Waals surface area contributed by atoms with E-state index in [1.807, 2.05) is 44.3 Å². The van der Waals surface area contributed by atoms with Gasteiger partial charge in [0, 0.05) is 87.0 Å². The molecule has 5 aliphatic rings. The Morgan fingerprint density at radius 2 is 1.68 bits per heavy atom. The summed E-state index contributed by atoms with van der Waals surface area (Å²) < 4.78 is 17.1. The molecule has 0 radical (unpaired) electrons. The van der Waals surface area contributed by atoms with Crippen molar-refractivity contribution in [3.63, 3.8) is 0 Å². The molecule has 9 rings (SSSR count). The number of hydrogen-bond acceptors (Lipinski definition) is 10. The second kappa shape index (κ2) is 14.7. The van der Waals surface area contributed by atoms with E-state index in [4.69, 9.17) is 0 Å². The number of aromatic nitrogens is 1. The maximum absolute atomic E-state index is 15.3. The molecule has 2 amide bonds. The molecular weight excluding hydrogens is 722 g/mol. The summed E-state index contributed by atoms with van der Waals surface area (Å²) in [5.41, 5.74) is 7.78. The van der Waals surface area contributed by atoms with Gasteiger partial charge < -0.3 is 34.8 Å². The Balaban J connectivity index is 0.816. The highest BCUT2D eigenvalue weighted by Crippen LogP contribution is 2.45. The van der Waals surface area contributed by atoms with Crippen LogP contribution in [-0.2, 0) is 16.6 Å². The highest BCUT2D eigenvalue weighted by molar-refractivity contribution is 6.01. The summed E-state index contributed by atoms with van der Waals surface area (Å²) in [6.07, 6.45) is 5.10. The number of likely N-dealkylation sites (tertiary alicyclic amines) is 1. The molecule has 6 heterocycles. The minimum absolute atomic E-state index is 0.0112. The lowest BCUT2D eigenvalue weighted by atomic mass is 9.71. The summed E-state index contributed by atoms with van der Waals surface area (Å²) in [6.45, 7) is 10.2. The van der Waals surface area contributed by atoms with Crippen LogP contribution in [0.5, 0.6) is 0 Å². The van der Waals surface area contributed by atoms with E-state index in [-0.39, 0.29) is 35.0 Å². The number of benzene rings is 3. The zero-order valence-electron chi connectivity index (χ0n) is 32.7. The Bertz CT molecular complexity index is 2350. The van der Waals surface area contributed by atoms with E-state index in [1.165, 1.54) is 6.07 Å². The van der Waals surface area contributed by atoms with Crippen LogP contribution in [0.25, 0.3) is 10.9 Å². The van der Waals surface area contributed by atoms with E-state index >= 15 is 4.39 Å². The Kier molecular flexibility index (Phi) is 9.55. The maximum Gasteiger partial charge on any atom is 0.253 e. The third-order valence-electron chi connectivity index (χ3n) is 13.2. The van der Waals surface area contributed by atoms with Gasteiger partial charge in [-0.25, -0.2) is 4.39 Å². The first kappa shape index (κ1) is 37.0. The summed E-state index contributed by atoms with van der Waals surface area (Å²) in [4.78, 5) is 46.3. The standard InChI is InChI=1S/C44H50FN9O3/c1-28-19-33-38(50(2)43(28)57)22-32(23-39(33)54-18-13-47-35-5-3-30(24-46)20-40(35)54)52-14-9-29(10-15-52)25-51-16-11-44(12-17-51)26-53(27-44)37-7-4-31(21-34(37)45)48-36-6-8-41(55)49-42(36)56/h3-5,7,19-23,29,36,47-48H,6,8-18,25-27H2,1-2H3,(H,49,55,56). The summed E-state index contributed by atoms with van der Waals surface area (Å²) in [6, 6.07) is 19.1. The number of anilines is 6. The van der Waals surface area contributed by atoms with Gasteiger partial charge in [-0.15, -0.1) is 0 Å². The van der Waals surface area contributed by atoms with Crippen molar-refractivity contribution in [2.24, 2.45) is 18.4 Å². The quantitative estimate of drug-likeness (QED) is 0.209. The number of imide groups is 1. The van der Waals surface area contributed by atoms with Crippen molar-refractivity contribution in [3.8, 4) is 6.07 Å². The van der Waals surface area contributed by atoms with Crippen molar-refractivity contribution in [1.82, 2.24) is 14.8 Å². The van der Waals surface area contributed by atoms with Gasteiger partial charge in [-0.1, -0.05) is 0 Å². The smallest absolute Gasteiger partial charge is 0.253 e. The van der Waals surface area contributed by atoms with Gasteiger partial charge in [0.1, 0.15) is 11.9 Å². The molecule has 296 valence electrons. The van der Waals surface area contributed by atoms with E-state index in [0.29, 0.717) is 34.8 Å². The van der Waals surface area contributed by atoms with E-state index in [1.54, 1.807) is 10.6 Å². The van der Waals surface area contributed by atoms with Crippen LogP contribution in [0.2, 0.25) is 0 Å². The van der Waals surface area contributed by atoms with Crippen LogP contribution in [0.3, 0.4) is 0 Å². The van der Waals surface area contributed by atoms with Gasteiger partial charge in [-0.2, -0.15) is 5.26 Å². The highest BCUT2D eigenvalue weighted by atomic mass is 19.1. The number of nitriles is 1. The predicted molar refractivity (Wildman–Crippen MR) is 222 cm³/mol. The average Bonchev–Trinajstić information content (AvgIpc) is 3.20. The first-order valence-corrected chi connectivity index (χ1v) is 20.4. The van der Waals surface area contributed by atoms with Crippen molar-refractivity contribution in [1.29, 1.82) is 5.26 Å². The average molecular weight is 772 g/mol. The Labute approximate surface area is 332 Å². The second-order valence-corrected chi connectivity index (χ2v) is 16.9. The maximum atomic E-state index is 15.3. The number of pyridine rings is 1. The number of nitrogens with zero attached hydrogens (tertiary/aromatic N) is 6. The van der Waals surface area contributed by atoms with Gasteiger partial charge in [0.2, 0.25) is 11.8 Å². The van der Waals surface area contributed by atoms with Crippen LogP contribution in [0.4, 0.5) is 38.5 Å². The fourth-order valence-corrected chi connectivity index (χ4v) is 9.82. The lowest BCUT2D eigenvalue weighted by Gasteiger charge is -2.55. The minimum atomic E-state index is -0.541. The minimum Gasteiger partial charge on any atom is -0.382 e. The normalized spacial score (nSPS) is 21.2. The molecule has 12 nitrogen and oxygen atoms in total. The molecule has 0 saturated carbocycles. The number of nitrogens with one attached hydrogen (secondary N) is 3. The first-order chi connectivity index (χ1) is 27.6. The van der Waals surface area contributed by atoms with E-state index in [2.05, 4.69) is 53.8 Å². The Morgan fingerprint density at radius 3 is 2.42 bits per heavy atom. The van der Waals surface area contributed by atoms with E-state index < -0.39 is 6.04 Å². The Morgan fingerprint density at radius 1 is 0.895 bits per heavy atom. The molecule has 4 fully saturated rings. The summed E-state index contributed by atoms with van der Waals surface area (Å²) in [7, 11) is 1.86.